The standard InChI is InChI=1S/C24H29N3O2/c1-29-23-11-6-5-10-22(23)27(15-7-14-25)24(28)19-26-16-12-21(13-17-26)18-20-8-3-2-4-9-20/h2-6,8-11,21H,7,12-13,15-19H2,1H3/p+1. The van der Waals surface area contributed by atoms with Crippen molar-refractivity contribution in [1.82, 2.24) is 0 Å². The van der Waals surface area contributed by atoms with Crippen LogP contribution in [0.4, 0.5) is 5.69 Å². The molecule has 0 aromatic heterocycles. The zero-order chi connectivity index (χ0) is 20.5. The number of ether oxygens (including phenoxy) is 1. The predicted octanol–water partition coefficient (Wildman–Crippen LogP) is 2.48. The van der Waals surface area contributed by atoms with E-state index in [2.05, 4.69) is 36.4 Å². The molecule has 1 saturated heterocycles. The molecule has 1 heterocycles. The Morgan fingerprint density at radius 3 is 2.52 bits per heavy atom. The monoisotopic (exact) mass is 392 g/mol. The zero-order valence-corrected chi connectivity index (χ0v) is 17.1. The average molecular weight is 393 g/mol. The second-order valence-electron chi connectivity index (χ2n) is 7.69. The van der Waals surface area contributed by atoms with Crippen LogP contribution in [0, 0.1) is 17.2 Å². The first kappa shape index (κ1) is 20.9. The summed E-state index contributed by atoms with van der Waals surface area (Å²) in [5.41, 5.74) is 2.14. The van der Waals surface area contributed by atoms with Gasteiger partial charge in [0.25, 0.3) is 5.91 Å². The van der Waals surface area contributed by atoms with E-state index in [4.69, 9.17) is 10.00 Å². The molecule has 0 aliphatic carbocycles. The van der Waals surface area contributed by atoms with Gasteiger partial charge in [0.05, 0.1) is 38.4 Å². The number of nitriles is 1. The van der Waals surface area contributed by atoms with Gasteiger partial charge in [0.2, 0.25) is 0 Å². The zero-order valence-electron chi connectivity index (χ0n) is 17.1. The number of piperidine rings is 1. The number of carbonyl (C=O) groups is 1. The third-order valence-electron chi connectivity index (χ3n) is 5.70. The smallest absolute Gasteiger partial charge is 0.282 e. The Labute approximate surface area is 173 Å². The molecule has 0 unspecified atom stereocenters. The number of quaternary nitrogens is 1. The number of likely N-dealkylation sites (tertiary alicyclic amines) is 1. The van der Waals surface area contributed by atoms with Crippen molar-refractivity contribution in [2.24, 2.45) is 5.92 Å². The molecule has 5 nitrogen and oxygen atoms in total. The summed E-state index contributed by atoms with van der Waals surface area (Å²) >= 11 is 0. The predicted molar refractivity (Wildman–Crippen MR) is 114 cm³/mol. The molecule has 0 spiro atoms. The molecule has 1 N–H and O–H groups in total. The Balaban J connectivity index is 1.58. The molecule has 1 aliphatic rings. The normalized spacial score (nSPS) is 18.6. The quantitative estimate of drug-likeness (QED) is 0.751. The van der Waals surface area contributed by atoms with E-state index in [0.717, 1.165) is 38.0 Å². The van der Waals surface area contributed by atoms with Crippen molar-refractivity contribution in [3.63, 3.8) is 0 Å². The molecule has 0 bridgehead atoms. The van der Waals surface area contributed by atoms with Crippen LogP contribution in [0.15, 0.2) is 54.6 Å². The molecule has 2 aromatic rings. The van der Waals surface area contributed by atoms with E-state index in [1.54, 1.807) is 12.0 Å². The summed E-state index contributed by atoms with van der Waals surface area (Å²) in [6, 6.07) is 20.3. The summed E-state index contributed by atoms with van der Waals surface area (Å²) in [5, 5.41) is 9.02. The van der Waals surface area contributed by atoms with Gasteiger partial charge in [-0.3, -0.25) is 4.79 Å². The van der Waals surface area contributed by atoms with Crippen LogP contribution in [0.1, 0.15) is 24.8 Å². The van der Waals surface area contributed by atoms with Gasteiger partial charge in [0.15, 0.2) is 6.54 Å². The number of anilines is 1. The topological polar surface area (TPSA) is 57.8 Å². The highest BCUT2D eigenvalue weighted by molar-refractivity contribution is 5.95. The van der Waals surface area contributed by atoms with Crippen LogP contribution in [-0.4, -0.2) is 39.2 Å². The van der Waals surface area contributed by atoms with E-state index in [9.17, 15) is 4.79 Å². The molecule has 3 rings (SSSR count). The SMILES string of the molecule is COc1ccccc1N(CCC#N)C(=O)C[NH+]1CCC(Cc2ccccc2)CC1. The van der Waals surface area contributed by atoms with Crippen molar-refractivity contribution >= 4 is 11.6 Å². The number of nitrogens with one attached hydrogen (secondary N) is 1. The maximum absolute atomic E-state index is 13.1. The first-order chi connectivity index (χ1) is 14.2. The molecule has 29 heavy (non-hydrogen) atoms. The van der Waals surface area contributed by atoms with E-state index in [1.807, 2.05) is 24.3 Å². The van der Waals surface area contributed by atoms with E-state index in [-0.39, 0.29) is 5.91 Å². The van der Waals surface area contributed by atoms with Crippen LogP contribution >= 0.6 is 0 Å². The second-order valence-corrected chi connectivity index (χ2v) is 7.69. The Hall–Kier alpha value is -2.84. The van der Waals surface area contributed by atoms with E-state index < -0.39 is 0 Å². The van der Waals surface area contributed by atoms with Crippen molar-refractivity contribution in [2.45, 2.75) is 25.7 Å². The van der Waals surface area contributed by atoms with Gasteiger partial charge in [0, 0.05) is 6.54 Å². The van der Waals surface area contributed by atoms with Crippen LogP contribution in [0.25, 0.3) is 0 Å². The molecular formula is C24H30N3O2+. The largest absolute Gasteiger partial charge is 0.495 e. The fourth-order valence-electron chi connectivity index (χ4n) is 4.12. The lowest BCUT2D eigenvalue weighted by molar-refractivity contribution is -0.898. The average Bonchev–Trinajstić information content (AvgIpc) is 2.76. The maximum Gasteiger partial charge on any atom is 0.282 e. The number of rotatable bonds is 8. The number of methoxy groups -OCH3 is 1. The van der Waals surface area contributed by atoms with Gasteiger partial charge in [0.1, 0.15) is 5.75 Å². The minimum atomic E-state index is 0.0567. The molecule has 152 valence electrons. The lowest BCUT2D eigenvalue weighted by Crippen LogP contribution is -3.14. The van der Waals surface area contributed by atoms with Crippen LogP contribution in [0.5, 0.6) is 5.75 Å². The van der Waals surface area contributed by atoms with Gasteiger partial charge in [-0.15, -0.1) is 0 Å². The molecule has 0 atom stereocenters. The number of benzene rings is 2. The molecule has 1 amide bonds. The highest BCUT2D eigenvalue weighted by Gasteiger charge is 2.27. The number of para-hydroxylation sites is 2. The lowest BCUT2D eigenvalue weighted by Gasteiger charge is -2.31. The summed E-state index contributed by atoms with van der Waals surface area (Å²) < 4.78 is 5.43. The van der Waals surface area contributed by atoms with Crippen LogP contribution in [0.2, 0.25) is 0 Å². The highest BCUT2D eigenvalue weighted by Crippen LogP contribution is 2.27. The first-order valence-electron chi connectivity index (χ1n) is 10.4. The number of hydrogen-bond acceptors (Lipinski definition) is 3. The van der Waals surface area contributed by atoms with Gasteiger partial charge < -0.3 is 14.5 Å². The summed E-state index contributed by atoms with van der Waals surface area (Å²) in [6.45, 7) is 2.88. The minimum absolute atomic E-state index is 0.0567. The summed E-state index contributed by atoms with van der Waals surface area (Å²) in [4.78, 5) is 16.1. The highest BCUT2D eigenvalue weighted by atomic mass is 16.5. The number of amides is 1. The van der Waals surface area contributed by atoms with Crippen molar-refractivity contribution in [2.75, 3.05) is 38.2 Å². The van der Waals surface area contributed by atoms with Gasteiger partial charge in [-0.1, -0.05) is 42.5 Å². The van der Waals surface area contributed by atoms with Crippen LogP contribution in [0.3, 0.4) is 0 Å². The Kier molecular flexibility index (Phi) is 7.66. The number of carbonyl (C=O) groups excluding carboxylic acids is 1. The molecule has 1 fully saturated rings. The minimum Gasteiger partial charge on any atom is -0.495 e. The second kappa shape index (κ2) is 10.6. The molecular weight excluding hydrogens is 362 g/mol. The third kappa shape index (κ3) is 5.82. The Bertz CT molecular complexity index is 824. The van der Waals surface area contributed by atoms with E-state index in [0.29, 0.717) is 31.2 Å². The molecule has 1 aliphatic heterocycles. The van der Waals surface area contributed by atoms with Crippen LogP contribution < -0.4 is 14.5 Å². The molecule has 0 saturated carbocycles. The summed E-state index contributed by atoms with van der Waals surface area (Å²) in [7, 11) is 1.61. The van der Waals surface area contributed by atoms with E-state index >= 15 is 0 Å². The number of nitrogens with zero attached hydrogens (tertiary/aromatic N) is 2. The lowest BCUT2D eigenvalue weighted by atomic mass is 9.90. The van der Waals surface area contributed by atoms with Crippen molar-refractivity contribution in [3.8, 4) is 11.8 Å². The van der Waals surface area contributed by atoms with Crippen molar-refractivity contribution in [1.29, 1.82) is 5.26 Å². The van der Waals surface area contributed by atoms with Gasteiger partial charge in [-0.05, 0) is 42.9 Å². The van der Waals surface area contributed by atoms with Crippen molar-refractivity contribution in [3.05, 3.63) is 60.2 Å². The summed E-state index contributed by atoms with van der Waals surface area (Å²) in [6.07, 6.45) is 3.71. The van der Waals surface area contributed by atoms with Crippen molar-refractivity contribution < 1.29 is 14.4 Å². The fourth-order valence-corrected chi connectivity index (χ4v) is 4.12. The molecule has 5 heteroatoms. The third-order valence-corrected chi connectivity index (χ3v) is 5.70. The Morgan fingerprint density at radius 1 is 1.14 bits per heavy atom. The molecule has 0 radical (unpaired) electrons. The maximum atomic E-state index is 13.1. The summed E-state index contributed by atoms with van der Waals surface area (Å²) in [5.74, 6) is 1.41. The van der Waals surface area contributed by atoms with Gasteiger partial charge in [-0.25, -0.2) is 0 Å². The number of hydrogen-bond donors (Lipinski definition) is 1. The van der Waals surface area contributed by atoms with E-state index in [1.165, 1.54) is 10.5 Å². The Morgan fingerprint density at radius 2 is 1.83 bits per heavy atom. The van der Waals surface area contributed by atoms with Gasteiger partial charge in [-0.2, -0.15) is 5.26 Å². The molecule has 2 aromatic carbocycles. The first-order valence-corrected chi connectivity index (χ1v) is 10.4. The van der Waals surface area contributed by atoms with Gasteiger partial charge >= 0.3 is 0 Å². The fraction of sp³-hybridized carbons (Fsp3) is 0.417. The van der Waals surface area contributed by atoms with Crippen LogP contribution in [-0.2, 0) is 11.2 Å².